The summed E-state index contributed by atoms with van der Waals surface area (Å²) in [5, 5.41) is 8.17. The van der Waals surface area contributed by atoms with Crippen LogP contribution in [0.2, 0.25) is 0 Å². The Morgan fingerprint density at radius 1 is 1.03 bits per heavy atom. The van der Waals surface area contributed by atoms with Crippen LogP contribution in [0.5, 0.6) is 0 Å². The normalized spacial score (nSPS) is 15.2. The predicted octanol–water partition coefficient (Wildman–Crippen LogP) is 4.27. The van der Waals surface area contributed by atoms with Gasteiger partial charge in [-0.2, -0.15) is 0 Å². The van der Waals surface area contributed by atoms with Gasteiger partial charge in [-0.3, -0.25) is 0 Å². The van der Waals surface area contributed by atoms with Crippen molar-refractivity contribution in [3.8, 4) is 12.0 Å². The summed E-state index contributed by atoms with van der Waals surface area (Å²) in [6.07, 6.45) is 2.47. The quantitative estimate of drug-likeness (QED) is 0.507. The van der Waals surface area contributed by atoms with Crippen LogP contribution in [0.3, 0.4) is 0 Å². The molecule has 0 spiro atoms. The van der Waals surface area contributed by atoms with Gasteiger partial charge in [-0.1, -0.05) is 24.3 Å². The third-order valence-electron chi connectivity index (χ3n) is 5.77. The van der Waals surface area contributed by atoms with Crippen molar-refractivity contribution in [2.75, 3.05) is 25.5 Å². The molecule has 2 heterocycles. The number of nitrogens with zero attached hydrogens (tertiary/aromatic N) is 2. The molecule has 3 aromatic rings. The summed E-state index contributed by atoms with van der Waals surface area (Å²) in [6, 6.07) is 22.8. The first kappa shape index (κ1) is 19.6. The smallest absolute Gasteiger partial charge is 0.0949 e. The summed E-state index contributed by atoms with van der Waals surface area (Å²) >= 11 is 0. The van der Waals surface area contributed by atoms with Crippen molar-refractivity contribution in [1.29, 1.82) is 0 Å². The number of rotatable bonds is 5. The highest BCUT2D eigenvalue weighted by Crippen LogP contribution is 2.21. The number of likely N-dealkylation sites (tertiary alicyclic amines) is 1. The van der Waals surface area contributed by atoms with Gasteiger partial charge in [0.1, 0.15) is 0 Å². The molecule has 0 radical (unpaired) electrons. The molecule has 0 aliphatic carbocycles. The second kappa shape index (κ2) is 9.17. The van der Waals surface area contributed by atoms with E-state index in [1.807, 2.05) is 30.3 Å². The van der Waals surface area contributed by atoms with E-state index in [4.69, 9.17) is 0 Å². The third-order valence-corrected chi connectivity index (χ3v) is 5.77. The van der Waals surface area contributed by atoms with Gasteiger partial charge in [0.15, 0.2) is 0 Å². The fraction of sp³-hybridized carbons (Fsp3) is 0.360. The highest BCUT2D eigenvalue weighted by atomic mass is 15.1. The van der Waals surface area contributed by atoms with Gasteiger partial charge in [0.25, 0.3) is 0 Å². The number of nitrogens with one attached hydrogen (secondary N) is 2. The van der Waals surface area contributed by atoms with Crippen molar-refractivity contribution in [2.24, 2.45) is 0 Å². The van der Waals surface area contributed by atoms with Gasteiger partial charge in [-0.15, -0.1) is 0 Å². The molecular weight excluding hydrogens is 356 g/mol. The standard InChI is InChI=1S/C25H30N4/c1-3-29-24(11-14-26-22-7-5-4-6-8-22)18-21-17-20(9-10-25(21)29)19-27-23-12-15-28(2)16-13-23/h4-10,17-18,23,26-27H,3,12-13,15-16,19H2,1-2H3. The van der Waals surface area contributed by atoms with Gasteiger partial charge in [-0.25, -0.2) is 0 Å². The maximum absolute atomic E-state index is 3.74. The first-order valence-corrected chi connectivity index (χ1v) is 10.6. The Kier molecular flexibility index (Phi) is 6.19. The molecule has 29 heavy (non-hydrogen) atoms. The summed E-state index contributed by atoms with van der Waals surface area (Å²) in [5.74, 6) is 3.29. The molecule has 2 N–H and O–H groups in total. The zero-order valence-corrected chi connectivity index (χ0v) is 17.4. The lowest BCUT2D eigenvalue weighted by molar-refractivity contribution is 0.234. The molecule has 1 fully saturated rings. The molecular formula is C25H30N4. The van der Waals surface area contributed by atoms with Crippen LogP contribution in [0.15, 0.2) is 54.6 Å². The van der Waals surface area contributed by atoms with E-state index in [2.05, 4.69) is 70.3 Å². The average Bonchev–Trinajstić information content (AvgIpc) is 3.10. The van der Waals surface area contributed by atoms with Crippen LogP contribution < -0.4 is 10.6 Å². The Morgan fingerprint density at radius 2 is 1.83 bits per heavy atom. The average molecular weight is 387 g/mol. The van der Waals surface area contributed by atoms with Crippen LogP contribution in [0.4, 0.5) is 5.69 Å². The molecule has 0 amide bonds. The fourth-order valence-corrected chi connectivity index (χ4v) is 4.04. The number of anilines is 1. The first-order chi connectivity index (χ1) is 14.2. The molecule has 2 aromatic carbocycles. The number of aryl methyl sites for hydroxylation is 1. The minimum atomic E-state index is 0.632. The van der Waals surface area contributed by atoms with Crippen molar-refractivity contribution in [2.45, 2.75) is 38.9 Å². The van der Waals surface area contributed by atoms with Crippen LogP contribution >= 0.6 is 0 Å². The number of para-hydroxylation sites is 1. The summed E-state index contributed by atoms with van der Waals surface area (Å²) in [4.78, 5) is 2.41. The van der Waals surface area contributed by atoms with Crippen molar-refractivity contribution in [3.05, 3.63) is 65.9 Å². The predicted molar refractivity (Wildman–Crippen MR) is 122 cm³/mol. The largest absolute Gasteiger partial charge is 0.334 e. The van der Waals surface area contributed by atoms with Crippen molar-refractivity contribution < 1.29 is 0 Å². The maximum Gasteiger partial charge on any atom is 0.0949 e. The zero-order chi connectivity index (χ0) is 20.1. The Hall–Kier alpha value is -2.74. The molecule has 1 aliphatic rings. The molecule has 1 aliphatic heterocycles. The van der Waals surface area contributed by atoms with Crippen molar-refractivity contribution in [3.63, 3.8) is 0 Å². The van der Waals surface area contributed by atoms with E-state index in [1.54, 1.807) is 0 Å². The molecule has 4 nitrogen and oxygen atoms in total. The van der Waals surface area contributed by atoms with E-state index >= 15 is 0 Å². The van der Waals surface area contributed by atoms with Crippen LogP contribution in [0, 0.1) is 12.0 Å². The van der Waals surface area contributed by atoms with E-state index in [9.17, 15) is 0 Å². The second-order valence-corrected chi connectivity index (χ2v) is 7.87. The van der Waals surface area contributed by atoms with E-state index < -0.39 is 0 Å². The first-order valence-electron chi connectivity index (χ1n) is 10.6. The topological polar surface area (TPSA) is 32.2 Å². The number of benzene rings is 2. The molecule has 0 bridgehead atoms. The zero-order valence-electron chi connectivity index (χ0n) is 17.4. The molecule has 1 saturated heterocycles. The van der Waals surface area contributed by atoms with Crippen LogP contribution in [-0.4, -0.2) is 35.6 Å². The van der Waals surface area contributed by atoms with E-state index in [0.717, 1.165) is 24.5 Å². The summed E-state index contributed by atoms with van der Waals surface area (Å²) in [7, 11) is 2.21. The number of hydrogen-bond donors (Lipinski definition) is 2. The lowest BCUT2D eigenvalue weighted by atomic mass is 10.0. The van der Waals surface area contributed by atoms with Crippen LogP contribution in [0.25, 0.3) is 10.9 Å². The van der Waals surface area contributed by atoms with Gasteiger partial charge in [0.05, 0.1) is 5.69 Å². The van der Waals surface area contributed by atoms with Gasteiger partial charge in [0.2, 0.25) is 0 Å². The number of aromatic nitrogens is 1. The van der Waals surface area contributed by atoms with Gasteiger partial charge >= 0.3 is 0 Å². The molecule has 0 atom stereocenters. The molecule has 1 aromatic heterocycles. The third kappa shape index (κ3) is 4.82. The highest BCUT2D eigenvalue weighted by Gasteiger charge is 2.16. The molecule has 4 rings (SSSR count). The minimum absolute atomic E-state index is 0.632. The Bertz CT molecular complexity index is 1000. The Morgan fingerprint density at radius 3 is 2.59 bits per heavy atom. The molecule has 0 unspecified atom stereocenters. The van der Waals surface area contributed by atoms with Gasteiger partial charge < -0.3 is 20.1 Å². The summed E-state index contributed by atoms with van der Waals surface area (Å²) in [6.45, 7) is 6.39. The van der Waals surface area contributed by atoms with Crippen LogP contribution in [-0.2, 0) is 13.1 Å². The Balaban J connectivity index is 1.47. The van der Waals surface area contributed by atoms with Crippen molar-refractivity contribution >= 4 is 16.6 Å². The van der Waals surface area contributed by atoms with E-state index in [1.165, 1.54) is 42.4 Å². The maximum atomic E-state index is 3.74. The minimum Gasteiger partial charge on any atom is -0.334 e. The molecule has 4 heteroatoms. The molecule has 150 valence electrons. The van der Waals surface area contributed by atoms with Gasteiger partial charge in [0, 0.05) is 41.8 Å². The summed E-state index contributed by atoms with van der Waals surface area (Å²) in [5.41, 5.74) is 4.65. The molecule has 0 saturated carbocycles. The summed E-state index contributed by atoms with van der Waals surface area (Å²) < 4.78 is 2.28. The number of fused-ring (bicyclic) bond motifs is 1. The highest BCUT2D eigenvalue weighted by molar-refractivity contribution is 5.83. The van der Waals surface area contributed by atoms with E-state index in [-0.39, 0.29) is 0 Å². The number of piperidine rings is 1. The van der Waals surface area contributed by atoms with Crippen LogP contribution in [0.1, 0.15) is 31.0 Å². The van der Waals surface area contributed by atoms with Crippen molar-refractivity contribution in [1.82, 2.24) is 14.8 Å². The van der Waals surface area contributed by atoms with Gasteiger partial charge in [-0.05, 0) is 81.7 Å². The lowest BCUT2D eigenvalue weighted by Crippen LogP contribution is -2.40. The monoisotopic (exact) mass is 386 g/mol. The lowest BCUT2D eigenvalue weighted by Gasteiger charge is -2.29. The fourth-order valence-electron chi connectivity index (χ4n) is 4.04. The second-order valence-electron chi connectivity index (χ2n) is 7.87. The number of hydrogen-bond acceptors (Lipinski definition) is 3. The SMILES string of the molecule is CCn1c(C#CNc2ccccc2)cc2cc(CNC3CCN(C)CC3)ccc21. The Labute approximate surface area is 173 Å². The van der Waals surface area contributed by atoms with E-state index in [0.29, 0.717) is 6.04 Å².